The Morgan fingerprint density at radius 3 is 2.77 bits per heavy atom. The predicted octanol–water partition coefficient (Wildman–Crippen LogP) is 3.74. The molecular formula is C24H27FN4O2. The number of benzene rings is 2. The highest BCUT2D eigenvalue weighted by molar-refractivity contribution is 6.07. The Morgan fingerprint density at radius 2 is 2.03 bits per heavy atom. The van der Waals surface area contributed by atoms with E-state index in [0.29, 0.717) is 24.5 Å². The van der Waals surface area contributed by atoms with Gasteiger partial charge in [0.25, 0.3) is 0 Å². The number of hydrazone groups is 1. The van der Waals surface area contributed by atoms with E-state index in [1.54, 1.807) is 16.0 Å². The number of likely N-dealkylation sites (tertiary alicyclic amines) is 1. The number of carbonyl (C=O) groups is 1. The molecule has 2 aromatic carbocycles. The quantitative estimate of drug-likeness (QED) is 0.738. The van der Waals surface area contributed by atoms with Gasteiger partial charge < -0.3 is 14.5 Å². The Kier molecular flexibility index (Phi) is 5.36. The molecule has 0 radical (unpaired) electrons. The van der Waals surface area contributed by atoms with Crippen LogP contribution in [0, 0.1) is 11.7 Å². The molecule has 1 saturated heterocycles. The third kappa shape index (κ3) is 3.78. The number of amides is 2. The minimum Gasteiger partial charge on any atom is -0.492 e. The molecule has 162 valence electrons. The van der Waals surface area contributed by atoms with Crippen molar-refractivity contribution in [3.8, 4) is 5.75 Å². The summed E-state index contributed by atoms with van der Waals surface area (Å²) in [5.41, 5.74) is 2.35. The number of urea groups is 1. The van der Waals surface area contributed by atoms with Crippen LogP contribution in [0.25, 0.3) is 0 Å². The first kappa shape index (κ1) is 20.0. The Balaban J connectivity index is 1.42. The molecule has 3 heterocycles. The lowest BCUT2D eigenvalue weighted by Gasteiger charge is -2.33. The highest BCUT2D eigenvalue weighted by atomic mass is 19.1. The van der Waals surface area contributed by atoms with Crippen molar-refractivity contribution in [2.75, 3.05) is 39.8 Å². The van der Waals surface area contributed by atoms with Gasteiger partial charge in [-0.2, -0.15) is 5.10 Å². The molecule has 1 fully saturated rings. The second-order valence-electron chi connectivity index (χ2n) is 8.50. The first-order chi connectivity index (χ1) is 15.1. The van der Waals surface area contributed by atoms with Gasteiger partial charge in [0, 0.05) is 19.2 Å². The maximum absolute atomic E-state index is 14.0. The van der Waals surface area contributed by atoms with Crippen molar-refractivity contribution >= 4 is 11.7 Å². The van der Waals surface area contributed by atoms with Gasteiger partial charge in [0.2, 0.25) is 0 Å². The molecule has 5 rings (SSSR count). The summed E-state index contributed by atoms with van der Waals surface area (Å²) in [5.74, 6) is 0.130. The van der Waals surface area contributed by atoms with Gasteiger partial charge in [0.05, 0.1) is 24.3 Å². The third-order valence-electron chi connectivity index (χ3n) is 6.43. The third-order valence-corrected chi connectivity index (χ3v) is 6.43. The van der Waals surface area contributed by atoms with Crippen LogP contribution in [-0.2, 0) is 0 Å². The SMILES string of the molecule is CN(CCCN1CCC1)C(=O)N1N=C2c3cc(F)ccc3OCC2C1c1ccccc1. The standard InChI is InChI=1S/C24H27FN4O2/c1-27(11-5-12-28-13-6-14-28)24(30)29-23(17-7-3-2-4-8-17)20-16-31-21-10-9-18(25)15-19(21)22(20)26-29/h2-4,7-10,15,20,23H,5-6,11-14,16H2,1H3. The van der Waals surface area contributed by atoms with E-state index in [-0.39, 0.29) is 23.8 Å². The van der Waals surface area contributed by atoms with E-state index >= 15 is 0 Å². The van der Waals surface area contributed by atoms with E-state index in [1.165, 1.54) is 18.6 Å². The van der Waals surface area contributed by atoms with Gasteiger partial charge in [-0.05, 0) is 56.2 Å². The molecule has 3 aliphatic rings. The van der Waals surface area contributed by atoms with Gasteiger partial charge in [-0.15, -0.1) is 0 Å². The van der Waals surface area contributed by atoms with Gasteiger partial charge >= 0.3 is 6.03 Å². The molecule has 2 amide bonds. The molecule has 2 aromatic rings. The first-order valence-corrected chi connectivity index (χ1v) is 10.9. The minimum absolute atomic E-state index is 0.141. The second-order valence-corrected chi connectivity index (χ2v) is 8.50. The number of fused-ring (bicyclic) bond motifs is 3. The average Bonchev–Trinajstić information content (AvgIpc) is 3.15. The average molecular weight is 423 g/mol. The maximum Gasteiger partial charge on any atom is 0.340 e. The van der Waals surface area contributed by atoms with E-state index < -0.39 is 0 Å². The molecule has 3 aliphatic heterocycles. The van der Waals surface area contributed by atoms with Crippen molar-refractivity contribution in [3.63, 3.8) is 0 Å². The lowest BCUT2D eigenvalue weighted by Crippen LogP contribution is -2.43. The molecule has 0 N–H and O–H groups in total. The Morgan fingerprint density at radius 1 is 1.23 bits per heavy atom. The number of nitrogens with zero attached hydrogens (tertiary/aromatic N) is 4. The van der Waals surface area contributed by atoms with Crippen molar-refractivity contribution in [1.82, 2.24) is 14.8 Å². The molecule has 0 aliphatic carbocycles. The largest absolute Gasteiger partial charge is 0.492 e. The summed E-state index contributed by atoms with van der Waals surface area (Å²) in [6, 6.07) is 13.9. The van der Waals surface area contributed by atoms with Crippen LogP contribution in [0.3, 0.4) is 0 Å². The van der Waals surface area contributed by atoms with Gasteiger partial charge in [0.1, 0.15) is 11.6 Å². The zero-order chi connectivity index (χ0) is 21.4. The zero-order valence-corrected chi connectivity index (χ0v) is 17.7. The highest BCUT2D eigenvalue weighted by Crippen LogP contribution is 2.42. The van der Waals surface area contributed by atoms with Crippen molar-refractivity contribution in [2.24, 2.45) is 11.0 Å². The Hall–Kier alpha value is -2.93. The molecule has 0 aromatic heterocycles. The smallest absolute Gasteiger partial charge is 0.340 e. The highest BCUT2D eigenvalue weighted by Gasteiger charge is 2.45. The van der Waals surface area contributed by atoms with E-state index in [1.807, 2.05) is 37.4 Å². The summed E-state index contributed by atoms with van der Waals surface area (Å²) >= 11 is 0. The molecule has 31 heavy (non-hydrogen) atoms. The van der Waals surface area contributed by atoms with Crippen LogP contribution in [0.4, 0.5) is 9.18 Å². The summed E-state index contributed by atoms with van der Waals surface area (Å²) in [7, 11) is 1.83. The van der Waals surface area contributed by atoms with Crippen molar-refractivity contribution in [1.29, 1.82) is 0 Å². The van der Waals surface area contributed by atoms with Gasteiger partial charge in [0.15, 0.2) is 0 Å². The second kappa shape index (κ2) is 8.30. The fourth-order valence-corrected chi connectivity index (χ4v) is 4.60. The summed E-state index contributed by atoms with van der Waals surface area (Å²) in [6.45, 7) is 4.40. The van der Waals surface area contributed by atoms with Crippen molar-refractivity contribution < 1.29 is 13.9 Å². The molecule has 0 bridgehead atoms. The van der Waals surface area contributed by atoms with Crippen molar-refractivity contribution in [3.05, 3.63) is 65.5 Å². The van der Waals surface area contributed by atoms with Crippen molar-refractivity contribution in [2.45, 2.75) is 18.9 Å². The number of hydrogen-bond donors (Lipinski definition) is 0. The van der Waals surface area contributed by atoms with Crippen LogP contribution in [0.15, 0.2) is 53.6 Å². The molecule has 2 unspecified atom stereocenters. The summed E-state index contributed by atoms with van der Waals surface area (Å²) < 4.78 is 19.9. The topological polar surface area (TPSA) is 48.4 Å². The molecular weight excluding hydrogens is 395 g/mol. The number of carbonyl (C=O) groups excluding carboxylic acids is 1. The van der Waals surface area contributed by atoms with E-state index in [4.69, 9.17) is 9.84 Å². The fraction of sp³-hybridized carbons (Fsp3) is 0.417. The molecule has 0 saturated carbocycles. The molecule has 6 nitrogen and oxygen atoms in total. The molecule has 2 atom stereocenters. The predicted molar refractivity (Wildman–Crippen MR) is 117 cm³/mol. The molecule has 7 heteroatoms. The van der Waals surface area contributed by atoms with Gasteiger partial charge in [-0.3, -0.25) is 0 Å². The van der Waals surface area contributed by atoms with Crippen LogP contribution >= 0.6 is 0 Å². The number of rotatable bonds is 5. The number of ether oxygens (including phenoxy) is 1. The first-order valence-electron chi connectivity index (χ1n) is 10.9. The van der Waals surface area contributed by atoms with E-state index in [2.05, 4.69) is 4.90 Å². The van der Waals surface area contributed by atoms with Crippen LogP contribution in [0.2, 0.25) is 0 Å². The summed E-state index contributed by atoms with van der Waals surface area (Å²) in [4.78, 5) is 17.6. The minimum atomic E-state index is -0.338. The number of halogens is 1. The molecule has 0 spiro atoms. The summed E-state index contributed by atoms with van der Waals surface area (Å²) in [5, 5.41) is 6.32. The lowest BCUT2D eigenvalue weighted by atomic mass is 9.86. The van der Waals surface area contributed by atoms with Gasteiger partial charge in [-0.1, -0.05) is 30.3 Å². The van der Waals surface area contributed by atoms with Gasteiger partial charge in [-0.25, -0.2) is 14.2 Å². The Bertz CT molecular complexity index is 992. The fourth-order valence-electron chi connectivity index (χ4n) is 4.60. The maximum atomic E-state index is 14.0. The van der Waals surface area contributed by atoms with E-state index in [9.17, 15) is 9.18 Å². The van der Waals surface area contributed by atoms with Crippen LogP contribution in [-0.4, -0.2) is 66.4 Å². The normalized spacial score (nSPS) is 22.1. The van der Waals surface area contributed by atoms with Crippen LogP contribution < -0.4 is 4.74 Å². The van der Waals surface area contributed by atoms with E-state index in [0.717, 1.165) is 37.3 Å². The summed E-state index contributed by atoms with van der Waals surface area (Å²) in [6.07, 6.45) is 2.20. The Labute approximate surface area is 181 Å². The number of hydrogen-bond acceptors (Lipinski definition) is 4. The van der Waals surface area contributed by atoms with Crippen LogP contribution in [0.5, 0.6) is 5.75 Å². The zero-order valence-electron chi connectivity index (χ0n) is 17.7. The lowest BCUT2D eigenvalue weighted by molar-refractivity contribution is 0.128. The monoisotopic (exact) mass is 422 g/mol. The van der Waals surface area contributed by atoms with Crippen LogP contribution in [0.1, 0.15) is 30.0 Å².